The molecule has 0 aromatic carbocycles. The number of hydrogen-bond acceptors (Lipinski definition) is 3. The standard InChI is InChI=1S/C12H22N2O2S/c1-4-12(3,10(13)17)11(15)14-7-9-5-6-16-8(9)2/h8-9H,4-7H2,1-3H3,(H2,13,17)(H,14,15). The second kappa shape index (κ2) is 5.78. The van der Waals surface area contributed by atoms with E-state index in [0.717, 1.165) is 13.0 Å². The van der Waals surface area contributed by atoms with Gasteiger partial charge in [0.15, 0.2) is 0 Å². The Kier molecular flexibility index (Phi) is 4.89. The van der Waals surface area contributed by atoms with Crippen molar-refractivity contribution in [1.29, 1.82) is 0 Å². The molecule has 0 aromatic rings. The number of ether oxygens (including phenoxy) is 1. The summed E-state index contributed by atoms with van der Waals surface area (Å²) in [4.78, 5) is 12.3. The van der Waals surface area contributed by atoms with Crippen LogP contribution >= 0.6 is 12.2 Å². The predicted molar refractivity (Wildman–Crippen MR) is 71.7 cm³/mol. The molecule has 0 aliphatic carbocycles. The maximum atomic E-state index is 12.1. The van der Waals surface area contributed by atoms with Crippen LogP contribution in [-0.4, -0.2) is 30.2 Å². The zero-order valence-electron chi connectivity index (χ0n) is 10.8. The second-order valence-electron chi connectivity index (χ2n) is 4.88. The van der Waals surface area contributed by atoms with E-state index in [2.05, 4.69) is 5.32 Å². The second-order valence-corrected chi connectivity index (χ2v) is 5.32. The lowest BCUT2D eigenvalue weighted by Crippen LogP contribution is -2.48. The zero-order valence-corrected chi connectivity index (χ0v) is 11.6. The van der Waals surface area contributed by atoms with Crippen LogP contribution < -0.4 is 11.1 Å². The molecule has 3 N–H and O–H groups in total. The molecule has 0 spiro atoms. The van der Waals surface area contributed by atoms with E-state index >= 15 is 0 Å². The van der Waals surface area contributed by atoms with Gasteiger partial charge in [0.05, 0.1) is 16.5 Å². The molecule has 1 saturated heterocycles. The van der Waals surface area contributed by atoms with Crippen molar-refractivity contribution >= 4 is 23.1 Å². The van der Waals surface area contributed by atoms with E-state index in [1.165, 1.54) is 0 Å². The van der Waals surface area contributed by atoms with Crippen molar-refractivity contribution < 1.29 is 9.53 Å². The summed E-state index contributed by atoms with van der Waals surface area (Å²) in [5.74, 6) is 0.318. The molecule has 1 rings (SSSR count). The molecule has 1 aliphatic heterocycles. The fourth-order valence-electron chi connectivity index (χ4n) is 1.91. The van der Waals surface area contributed by atoms with Gasteiger partial charge in [0.25, 0.3) is 0 Å². The van der Waals surface area contributed by atoms with Crippen LogP contribution in [0.3, 0.4) is 0 Å². The molecule has 3 atom stereocenters. The molecule has 0 saturated carbocycles. The number of nitrogens with one attached hydrogen (secondary N) is 1. The van der Waals surface area contributed by atoms with E-state index in [0.29, 0.717) is 18.9 Å². The van der Waals surface area contributed by atoms with Crippen molar-refractivity contribution in [3.05, 3.63) is 0 Å². The molecule has 1 fully saturated rings. The summed E-state index contributed by atoms with van der Waals surface area (Å²) in [7, 11) is 0. The van der Waals surface area contributed by atoms with Crippen molar-refractivity contribution in [1.82, 2.24) is 5.32 Å². The SMILES string of the molecule is CCC(C)(C(=O)NCC1CCOC1C)C(N)=S. The first-order valence-corrected chi connectivity index (χ1v) is 6.52. The molecule has 1 aliphatic rings. The van der Waals surface area contributed by atoms with E-state index in [1.54, 1.807) is 6.92 Å². The topological polar surface area (TPSA) is 64.3 Å². The van der Waals surface area contributed by atoms with Gasteiger partial charge in [-0.25, -0.2) is 0 Å². The van der Waals surface area contributed by atoms with Crippen LogP contribution in [-0.2, 0) is 9.53 Å². The summed E-state index contributed by atoms with van der Waals surface area (Å²) in [6.07, 6.45) is 1.83. The number of amides is 1. The highest BCUT2D eigenvalue weighted by molar-refractivity contribution is 7.80. The van der Waals surface area contributed by atoms with Gasteiger partial charge >= 0.3 is 0 Å². The number of thiocarbonyl (C=S) groups is 1. The lowest BCUT2D eigenvalue weighted by Gasteiger charge is -2.26. The lowest BCUT2D eigenvalue weighted by atomic mass is 9.86. The van der Waals surface area contributed by atoms with Crippen LogP contribution in [0.2, 0.25) is 0 Å². The Morgan fingerprint density at radius 2 is 2.29 bits per heavy atom. The number of carbonyl (C=O) groups excluding carboxylic acids is 1. The Morgan fingerprint density at radius 3 is 2.71 bits per heavy atom. The summed E-state index contributed by atoms with van der Waals surface area (Å²) < 4.78 is 5.46. The molecule has 0 radical (unpaired) electrons. The molecule has 0 bridgehead atoms. The first-order chi connectivity index (χ1) is 7.91. The van der Waals surface area contributed by atoms with Gasteiger partial charge in [0, 0.05) is 19.1 Å². The van der Waals surface area contributed by atoms with E-state index in [4.69, 9.17) is 22.7 Å². The lowest BCUT2D eigenvalue weighted by molar-refractivity contribution is -0.127. The molecule has 0 aromatic heterocycles. The summed E-state index contributed by atoms with van der Waals surface area (Å²) in [5, 5.41) is 2.94. The Balaban J connectivity index is 2.51. The molecule has 1 amide bonds. The Hall–Kier alpha value is -0.680. The van der Waals surface area contributed by atoms with Gasteiger partial charge in [-0.15, -0.1) is 0 Å². The smallest absolute Gasteiger partial charge is 0.232 e. The van der Waals surface area contributed by atoms with Crippen LogP contribution in [0.25, 0.3) is 0 Å². The molecule has 17 heavy (non-hydrogen) atoms. The highest BCUT2D eigenvalue weighted by Gasteiger charge is 2.35. The van der Waals surface area contributed by atoms with Gasteiger partial charge in [-0.3, -0.25) is 4.79 Å². The summed E-state index contributed by atoms with van der Waals surface area (Å²) in [6.45, 7) is 7.16. The number of carbonyl (C=O) groups is 1. The molecule has 4 nitrogen and oxygen atoms in total. The minimum Gasteiger partial charge on any atom is -0.392 e. The zero-order chi connectivity index (χ0) is 13.1. The number of rotatable bonds is 5. The van der Waals surface area contributed by atoms with Crippen molar-refractivity contribution in [2.24, 2.45) is 17.1 Å². The third kappa shape index (κ3) is 3.16. The minimum absolute atomic E-state index is 0.0772. The van der Waals surface area contributed by atoms with E-state index in [-0.39, 0.29) is 17.0 Å². The first-order valence-electron chi connectivity index (χ1n) is 6.11. The summed E-state index contributed by atoms with van der Waals surface area (Å²) in [6, 6.07) is 0. The van der Waals surface area contributed by atoms with Crippen molar-refractivity contribution in [3.63, 3.8) is 0 Å². The quantitative estimate of drug-likeness (QED) is 0.728. The average molecular weight is 258 g/mol. The normalized spacial score (nSPS) is 27.5. The third-order valence-electron chi connectivity index (χ3n) is 3.81. The van der Waals surface area contributed by atoms with E-state index < -0.39 is 5.41 Å². The van der Waals surface area contributed by atoms with Crippen molar-refractivity contribution in [2.75, 3.05) is 13.2 Å². The summed E-state index contributed by atoms with van der Waals surface area (Å²) >= 11 is 4.97. The Bertz CT molecular complexity index is 309. The highest BCUT2D eigenvalue weighted by atomic mass is 32.1. The minimum atomic E-state index is -0.738. The fraction of sp³-hybridized carbons (Fsp3) is 0.833. The maximum absolute atomic E-state index is 12.1. The van der Waals surface area contributed by atoms with Gasteiger partial charge < -0.3 is 15.8 Å². The monoisotopic (exact) mass is 258 g/mol. The highest BCUT2D eigenvalue weighted by Crippen LogP contribution is 2.23. The van der Waals surface area contributed by atoms with Gasteiger partial charge in [0.1, 0.15) is 0 Å². The molecule has 98 valence electrons. The van der Waals surface area contributed by atoms with Crippen LogP contribution in [0.15, 0.2) is 0 Å². The van der Waals surface area contributed by atoms with E-state index in [9.17, 15) is 4.79 Å². The van der Waals surface area contributed by atoms with Gasteiger partial charge in [-0.05, 0) is 26.7 Å². The van der Waals surface area contributed by atoms with Gasteiger partial charge in [-0.1, -0.05) is 19.1 Å². The maximum Gasteiger partial charge on any atom is 0.232 e. The van der Waals surface area contributed by atoms with Crippen molar-refractivity contribution in [3.8, 4) is 0 Å². The predicted octanol–water partition coefficient (Wildman–Crippen LogP) is 1.23. The molecule has 5 heteroatoms. The molecule has 3 unspecified atom stereocenters. The van der Waals surface area contributed by atoms with Gasteiger partial charge in [0.2, 0.25) is 5.91 Å². The summed E-state index contributed by atoms with van der Waals surface area (Å²) in [5.41, 5.74) is 4.90. The van der Waals surface area contributed by atoms with E-state index in [1.807, 2.05) is 13.8 Å². The molecule has 1 heterocycles. The Labute approximate surface area is 108 Å². The van der Waals surface area contributed by atoms with Crippen LogP contribution in [0, 0.1) is 11.3 Å². The molecular weight excluding hydrogens is 236 g/mol. The number of hydrogen-bond donors (Lipinski definition) is 2. The average Bonchev–Trinajstić information content (AvgIpc) is 2.70. The molecular formula is C12H22N2O2S. The fourth-order valence-corrected chi connectivity index (χ4v) is 2.15. The largest absolute Gasteiger partial charge is 0.392 e. The van der Waals surface area contributed by atoms with Crippen molar-refractivity contribution in [2.45, 2.75) is 39.7 Å². The number of nitrogens with two attached hydrogens (primary N) is 1. The van der Waals surface area contributed by atoms with Crippen LogP contribution in [0.5, 0.6) is 0 Å². The Morgan fingerprint density at radius 1 is 1.65 bits per heavy atom. The first kappa shape index (κ1) is 14.4. The van der Waals surface area contributed by atoms with Crippen LogP contribution in [0.4, 0.5) is 0 Å². The third-order valence-corrected chi connectivity index (χ3v) is 4.26. The van der Waals surface area contributed by atoms with Crippen LogP contribution in [0.1, 0.15) is 33.6 Å². The van der Waals surface area contributed by atoms with Gasteiger partial charge in [-0.2, -0.15) is 0 Å².